The third kappa shape index (κ3) is 2.73. The molecule has 21 heavy (non-hydrogen) atoms. The summed E-state index contributed by atoms with van der Waals surface area (Å²) in [5.74, 6) is 0. The van der Waals surface area contributed by atoms with Crippen LogP contribution in [0.5, 0.6) is 0 Å². The fourth-order valence-corrected chi connectivity index (χ4v) is 2.79. The number of hydrogen-bond donors (Lipinski definition) is 3. The van der Waals surface area contributed by atoms with Crippen LogP contribution in [0.4, 0.5) is 5.69 Å². The predicted octanol–water partition coefficient (Wildman–Crippen LogP) is 3.01. The van der Waals surface area contributed by atoms with Crippen LogP contribution in [-0.4, -0.2) is 19.5 Å². The van der Waals surface area contributed by atoms with Crippen molar-refractivity contribution >= 4 is 32.7 Å². The number of nitrogens with one attached hydrogen (secondary N) is 3. The number of H-pyrrole nitrogens is 2. The Morgan fingerprint density at radius 2 is 2.05 bits per heavy atom. The van der Waals surface area contributed by atoms with E-state index < -0.39 is 0 Å². The van der Waals surface area contributed by atoms with Gasteiger partial charge in [0, 0.05) is 16.7 Å². The number of rotatable bonds is 4. The molecule has 0 amide bonds. The van der Waals surface area contributed by atoms with Crippen LogP contribution in [0.2, 0.25) is 0 Å². The number of halogens is 1. The molecule has 0 aliphatic rings. The number of aromatic nitrogens is 4. The molecule has 0 saturated carbocycles. The van der Waals surface area contributed by atoms with E-state index in [1.807, 2.05) is 24.7 Å². The smallest absolute Gasteiger partial charge is 0.323 e. The Hall–Kier alpha value is -2.02. The molecule has 1 aromatic carbocycles. The van der Waals surface area contributed by atoms with E-state index in [0.29, 0.717) is 12.6 Å². The first-order valence-electron chi connectivity index (χ1n) is 6.70. The van der Waals surface area contributed by atoms with Crippen molar-refractivity contribution in [3.05, 3.63) is 45.3 Å². The Morgan fingerprint density at radius 3 is 2.76 bits per heavy atom. The number of nitrogens with zero attached hydrogens (tertiary/aromatic N) is 2. The predicted molar refractivity (Wildman–Crippen MR) is 86.6 cm³/mol. The lowest BCUT2D eigenvalue weighted by atomic mass is 10.2. The molecular formula is C14H16BrN5O. The van der Waals surface area contributed by atoms with E-state index in [9.17, 15) is 4.79 Å². The quantitative estimate of drug-likeness (QED) is 0.677. The minimum absolute atomic E-state index is 0.202. The molecule has 0 atom stereocenters. The van der Waals surface area contributed by atoms with Crippen molar-refractivity contribution < 1.29 is 0 Å². The summed E-state index contributed by atoms with van der Waals surface area (Å²) in [7, 11) is 0. The molecule has 7 heteroatoms. The fourth-order valence-electron chi connectivity index (χ4n) is 2.31. The molecule has 3 rings (SSSR count). The van der Waals surface area contributed by atoms with Crippen LogP contribution in [0.15, 0.2) is 33.9 Å². The second-order valence-electron chi connectivity index (χ2n) is 5.20. The van der Waals surface area contributed by atoms with Gasteiger partial charge in [-0.15, -0.1) is 0 Å². The van der Waals surface area contributed by atoms with E-state index in [0.717, 1.165) is 26.9 Å². The van der Waals surface area contributed by atoms with Gasteiger partial charge in [-0.3, -0.25) is 0 Å². The standard InChI is InChI=1S/C14H16BrN5O/c1-8(2)20-7-16-5-9(20)6-17-11-4-13-12(3-10(11)15)18-14(21)19-13/h3-5,7-8,17H,6H2,1-2H3,(H2,18,19,21). The van der Waals surface area contributed by atoms with Gasteiger partial charge in [0.2, 0.25) is 0 Å². The average molecular weight is 350 g/mol. The second kappa shape index (κ2) is 5.40. The van der Waals surface area contributed by atoms with Gasteiger partial charge in [0.1, 0.15) is 0 Å². The van der Waals surface area contributed by atoms with E-state index in [4.69, 9.17) is 0 Å². The van der Waals surface area contributed by atoms with Gasteiger partial charge in [0.05, 0.1) is 35.3 Å². The number of aromatic amines is 2. The highest BCUT2D eigenvalue weighted by molar-refractivity contribution is 9.10. The number of hydrogen-bond acceptors (Lipinski definition) is 3. The van der Waals surface area contributed by atoms with Gasteiger partial charge >= 0.3 is 5.69 Å². The maximum atomic E-state index is 11.3. The zero-order valence-electron chi connectivity index (χ0n) is 11.8. The summed E-state index contributed by atoms with van der Waals surface area (Å²) in [6.07, 6.45) is 3.70. The van der Waals surface area contributed by atoms with Crippen LogP contribution in [-0.2, 0) is 6.54 Å². The van der Waals surface area contributed by atoms with Gasteiger partial charge in [-0.1, -0.05) is 0 Å². The van der Waals surface area contributed by atoms with E-state index in [-0.39, 0.29) is 5.69 Å². The van der Waals surface area contributed by atoms with E-state index in [2.05, 4.69) is 54.6 Å². The van der Waals surface area contributed by atoms with Crippen LogP contribution in [0.1, 0.15) is 25.6 Å². The highest BCUT2D eigenvalue weighted by Crippen LogP contribution is 2.27. The molecule has 0 bridgehead atoms. The lowest BCUT2D eigenvalue weighted by Gasteiger charge is -2.13. The van der Waals surface area contributed by atoms with Crippen LogP contribution in [0.3, 0.4) is 0 Å². The maximum absolute atomic E-state index is 11.3. The SMILES string of the molecule is CC(C)n1cncc1CNc1cc2[nH]c(=O)[nH]c2cc1Br. The third-order valence-corrected chi connectivity index (χ3v) is 4.02. The molecule has 6 nitrogen and oxygen atoms in total. The summed E-state index contributed by atoms with van der Waals surface area (Å²) in [5.41, 5.74) is 3.40. The highest BCUT2D eigenvalue weighted by Gasteiger charge is 2.08. The number of anilines is 1. The average Bonchev–Trinajstić information content (AvgIpc) is 3.01. The Morgan fingerprint density at radius 1 is 1.33 bits per heavy atom. The number of benzene rings is 1. The first kappa shape index (κ1) is 13.9. The van der Waals surface area contributed by atoms with Crippen molar-refractivity contribution in [2.75, 3.05) is 5.32 Å². The summed E-state index contributed by atoms with van der Waals surface area (Å²) in [6, 6.07) is 4.17. The molecule has 0 aliphatic carbocycles. The first-order valence-corrected chi connectivity index (χ1v) is 7.50. The Bertz CT molecular complexity index is 829. The van der Waals surface area contributed by atoms with Crippen LogP contribution in [0.25, 0.3) is 11.0 Å². The van der Waals surface area contributed by atoms with Gasteiger partial charge in [-0.2, -0.15) is 0 Å². The van der Waals surface area contributed by atoms with Crippen molar-refractivity contribution in [1.29, 1.82) is 0 Å². The third-order valence-electron chi connectivity index (χ3n) is 3.37. The highest BCUT2D eigenvalue weighted by atomic mass is 79.9. The van der Waals surface area contributed by atoms with Crippen LogP contribution in [0, 0.1) is 0 Å². The Labute approximate surface area is 129 Å². The van der Waals surface area contributed by atoms with Crippen molar-refractivity contribution in [2.24, 2.45) is 0 Å². The van der Waals surface area contributed by atoms with Crippen molar-refractivity contribution in [2.45, 2.75) is 26.4 Å². The molecule has 0 saturated heterocycles. The lowest BCUT2D eigenvalue weighted by Crippen LogP contribution is -2.09. The van der Waals surface area contributed by atoms with Gasteiger partial charge in [0.15, 0.2) is 0 Å². The summed E-state index contributed by atoms with van der Waals surface area (Å²) >= 11 is 3.52. The zero-order chi connectivity index (χ0) is 15.0. The molecule has 0 radical (unpaired) electrons. The van der Waals surface area contributed by atoms with E-state index >= 15 is 0 Å². The Balaban J connectivity index is 1.86. The van der Waals surface area contributed by atoms with Crippen molar-refractivity contribution in [3.8, 4) is 0 Å². The lowest BCUT2D eigenvalue weighted by molar-refractivity contribution is 0.577. The largest absolute Gasteiger partial charge is 0.378 e. The zero-order valence-corrected chi connectivity index (χ0v) is 13.4. The summed E-state index contributed by atoms with van der Waals surface area (Å²) < 4.78 is 3.03. The summed E-state index contributed by atoms with van der Waals surface area (Å²) in [6.45, 7) is 4.91. The fraction of sp³-hybridized carbons (Fsp3) is 0.286. The second-order valence-corrected chi connectivity index (χ2v) is 6.05. The topological polar surface area (TPSA) is 78.5 Å². The molecule has 0 spiro atoms. The molecule has 3 N–H and O–H groups in total. The number of fused-ring (bicyclic) bond motifs is 1. The van der Waals surface area contributed by atoms with Gasteiger partial charge in [-0.25, -0.2) is 9.78 Å². The van der Waals surface area contributed by atoms with Crippen molar-refractivity contribution in [1.82, 2.24) is 19.5 Å². The molecule has 2 aromatic heterocycles. The van der Waals surface area contributed by atoms with Gasteiger partial charge in [-0.05, 0) is 41.9 Å². The maximum Gasteiger partial charge on any atom is 0.323 e. The van der Waals surface area contributed by atoms with Crippen LogP contribution >= 0.6 is 15.9 Å². The molecule has 110 valence electrons. The summed E-state index contributed by atoms with van der Waals surface area (Å²) in [5, 5.41) is 3.37. The number of imidazole rings is 2. The monoisotopic (exact) mass is 349 g/mol. The minimum Gasteiger partial charge on any atom is -0.378 e. The van der Waals surface area contributed by atoms with E-state index in [1.54, 1.807) is 0 Å². The molecule has 0 fully saturated rings. The molecular weight excluding hydrogens is 334 g/mol. The molecule has 0 unspecified atom stereocenters. The molecule has 3 aromatic rings. The van der Waals surface area contributed by atoms with Gasteiger partial charge in [0.25, 0.3) is 0 Å². The first-order chi connectivity index (χ1) is 10.0. The van der Waals surface area contributed by atoms with E-state index in [1.165, 1.54) is 0 Å². The molecule has 2 heterocycles. The summed E-state index contributed by atoms with van der Waals surface area (Å²) in [4.78, 5) is 21.0. The normalized spacial score (nSPS) is 11.4. The Kier molecular flexibility index (Phi) is 3.59. The molecule has 0 aliphatic heterocycles. The minimum atomic E-state index is -0.202. The van der Waals surface area contributed by atoms with Crippen LogP contribution < -0.4 is 11.0 Å². The van der Waals surface area contributed by atoms with Gasteiger partial charge < -0.3 is 19.9 Å². The van der Waals surface area contributed by atoms with Crippen molar-refractivity contribution in [3.63, 3.8) is 0 Å².